The number of unbranched alkanes of at least 4 members (excludes halogenated alkanes) is 1. The SMILES string of the molecule is CCCCC(N)N.O=C(O)O. The van der Waals surface area contributed by atoms with Gasteiger partial charge in [0.1, 0.15) is 0 Å². The lowest BCUT2D eigenvalue weighted by Gasteiger charge is -2.00. The van der Waals surface area contributed by atoms with Gasteiger partial charge in [-0.25, -0.2) is 4.79 Å². The average Bonchev–Trinajstić information content (AvgIpc) is 1.82. The molecule has 0 spiro atoms. The fourth-order valence-electron chi connectivity index (χ4n) is 0.440. The maximum absolute atomic E-state index is 8.56. The van der Waals surface area contributed by atoms with Crippen LogP contribution in [0.15, 0.2) is 0 Å². The van der Waals surface area contributed by atoms with Crippen LogP contribution in [0.1, 0.15) is 26.2 Å². The van der Waals surface area contributed by atoms with Gasteiger partial charge in [-0.05, 0) is 6.42 Å². The lowest BCUT2D eigenvalue weighted by atomic mass is 10.2. The van der Waals surface area contributed by atoms with Crippen LogP contribution in [0.25, 0.3) is 0 Å². The van der Waals surface area contributed by atoms with Gasteiger partial charge in [-0.3, -0.25) is 0 Å². The Labute approximate surface area is 66.0 Å². The van der Waals surface area contributed by atoms with Crippen molar-refractivity contribution in [3.8, 4) is 0 Å². The van der Waals surface area contributed by atoms with E-state index in [2.05, 4.69) is 6.92 Å². The summed E-state index contributed by atoms with van der Waals surface area (Å²) < 4.78 is 0. The summed E-state index contributed by atoms with van der Waals surface area (Å²) in [5.41, 5.74) is 10.5. The van der Waals surface area contributed by atoms with E-state index in [9.17, 15) is 0 Å². The molecule has 0 bridgehead atoms. The van der Waals surface area contributed by atoms with Gasteiger partial charge in [-0.1, -0.05) is 19.8 Å². The summed E-state index contributed by atoms with van der Waals surface area (Å²) in [7, 11) is 0. The number of hydrogen-bond donors (Lipinski definition) is 4. The first-order valence-electron chi connectivity index (χ1n) is 3.43. The van der Waals surface area contributed by atoms with Crippen LogP contribution in [-0.2, 0) is 0 Å². The van der Waals surface area contributed by atoms with Crippen molar-refractivity contribution < 1.29 is 15.0 Å². The van der Waals surface area contributed by atoms with Gasteiger partial charge in [-0.2, -0.15) is 0 Å². The van der Waals surface area contributed by atoms with Gasteiger partial charge in [0, 0.05) is 0 Å². The van der Waals surface area contributed by atoms with Crippen molar-refractivity contribution in [2.75, 3.05) is 0 Å². The van der Waals surface area contributed by atoms with Crippen molar-refractivity contribution in [2.24, 2.45) is 11.5 Å². The highest BCUT2D eigenvalue weighted by atomic mass is 16.6. The number of nitrogens with two attached hydrogens (primary N) is 2. The van der Waals surface area contributed by atoms with Crippen LogP contribution in [0.3, 0.4) is 0 Å². The van der Waals surface area contributed by atoms with E-state index in [4.69, 9.17) is 26.5 Å². The predicted octanol–water partition coefficient (Wildman–Crippen LogP) is 0.643. The Morgan fingerprint density at radius 3 is 1.91 bits per heavy atom. The molecule has 0 saturated carbocycles. The van der Waals surface area contributed by atoms with E-state index in [0.717, 1.165) is 12.8 Å². The summed E-state index contributed by atoms with van der Waals surface area (Å²) in [6.45, 7) is 2.13. The molecule has 0 aliphatic carbocycles. The van der Waals surface area contributed by atoms with Crippen molar-refractivity contribution in [1.82, 2.24) is 0 Å². The Balaban J connectivity index is 0. The van der Waals surface area contributed by atoms with Gasteiger partial charge in [0.05, 0.1) is 6.17 Å². The quantitative estimate of drug-likeness (QED) is 0.457. The van der Waals surface area contributed by atoms with Crippen LogP contribution in [0.5, 0.6) is 0 Å². The van der Waals surface area contributed by atoms with Crippen LogP contribution in [-0.4, -0.2) is 22.5 Å². The van der Waals surface area contributed by atoms with E-state index in [-0.39, 0.29) is 6.17 Å². The van der Waals surface area contributed by atoms with Crippen molar-refractivity contribution in [1.29, 1.82) is 0 Å². The maximum atomic E-state index is 8.56. The van der Waals surface area contributed by atoms with Crippen molar-refractivity contribution >= 4 is 6.16 Å². The summed E-state index contributed by atoms with van der Waals surface area (Å²) in [4.78, 5) is 8.56. The molecule has 0 atom stereocenters. The van der Waals surface area contributed by atoms with Gasteiger partial charge in [0.25, 0.3) is 0 Å². The van der Waals surface area contributed by atoms with Gasteiger partial charge in [-0.15, -0.1) is 0 Å². The molecule has 0 heterocycles. The molecule has 0 saturated heterocycles. The lowest BCUT2D eigenvalue weighted by molar-refractivity contribution is 0.137. The minimum absolute atomic E-state index is 0.0973. The maximum Gasteiger partial charge on any atom is 0.503 e. The Morgan fingerprint density at radius 1 is 1.45 bits per heavy atom. The van der Waals surface area contributed by atoms with Crippen LogP contribution < -0.4 is 11.5 Å². The van der Waals surface area contributed by atoms with Crippen LogP contribution in [0.2, 0.25) is 0 Å². The van der Waals surface area contributed by atoms with E-state index in [0.29, 0.717) is 0 Å². The van der Waals surface area contributed by atoms with E-state index in [1.807, 2.05) is 0 Å². The minimum atomic E-state index is -1.83. The number of hydrogen-bond acceptors (Lipinski definition) is 3. The smallest absolute Gasteiger partial charge is 0.450 e. The first-order valence-corrected chi connectivity index (χ1v) is 3.43. The fraction of sp³-hybridized carbons (Fsp3) is 0.833. The van der Waals surface area contributed by atoms with Gasteiger partial charge in [0.15, 0.2) is 0 Å². The molecule has 0 fully saturated rings. The van der Waals surface area contributed by atoms with Gasteiger partial charge < -0.3 is 21.7 Å². The number of carbonyl (C=O) groups is 1. The molecular formula is C6H16N2O3. The molecule has 0 rings (SSSR count). The number of carboxylic acid groups (broad SMARTS) is 2. The Kier molecular flexibility index (Phi) is 10.7. The molecule has 0 aliphatic rings. The summed E-state index contributed by atoms with van der Waals surface area (Å²) in [6.07, 6.45) is 1.36. The Morgan fingerprint density at radius 2 is 1.82 bits per heavy atom. The monoisotopic (exact) mass is 164 g/mol. The second kappa shape index (κ2) is 9.19. The zero-order valence-corrected chi connectivity index (χ0v) is 6.66. The van der Waals surface area contributed by atoms with Crippen LogP contribution >= 0.6 is 0 Å². The van der Waals surface area contributed by atoms with Crippen molar-refractivity contribution in [3.05, 3.63) is 0 Å². The first kappa shape index (κ1) is 12.8. The summed E-state index contributed by atoms with van der Waals surface area (Å²) in [5, 5.41) is 13.9. The molecule has 0 unspecified atom stereocenters. The Hall–Kier alpha value is -0.810. The van der Waals surface area contributed by atoms with Crippen molar-refractivity contribution in [2.45, 2.75) is 32.4 Å². The largest absolute Gasteiger partial charge is 0.503 e. The summed E-state index contributed by atoms with van der Waals surface area (Å²) in [5.74, 6) is 0. The minimum Gasteiger partial charge on any atom is -0.450 e. The molecule has 0 amide bonds. The average molecular weight is 164 g/mol. The van der Waals surface area contributed by atoms with Crippen LogP contribution in [0, 0.1) is 0 Å². The molecule has 0 radical (unpaired) electrons. The predicted molar refractivity (Wildman–Crippen MR) is 42.3 cm³/mol. The molecule has 0 aromatic carbocycles. The van der Waals surface area contributed by atoms with Gasteiger partial charge >= 0.3 is 6.16 Å². The molecule has 5 nitrogen and oxygen atoms in total. The molecule has 0 aromatic heterocycles. The lowest BCUT2D eigenvalue weighted by Crippen LogP contribution is -2.29. The molecule has 11 heavy (non-hydrogen) atoms. The summed E-state index contributed by atoms with van der Waals surface area (Å²) in [6, 6.07) is 0. The number of rotatable bonds is 3. The standard InChI is InChI=1S/C5H14N2.CH2O3/c1-2-3-4-5(6)7;2-1(3)4/h5H,2-4,6-7H2,1H3;(H2,2,3,4). The topological polar surface area (TPSA) is 110 Å². The zero-order chi connectivity index (χ0) is 9.28. The third kappa shape index (κ3) is 46.7. The zero-order valence-electron chi connectivity index (χ0n) is 6.66. The highest BCUT2D eigenvalue weighted by molar-refractivity contribution is 5.53. The highest BCUT2D eigenvalue weighted by Gasteiger charge is 1.88. The van der Waals surface area contributed by atoms with E-state index in [1.165, 1.54) is 6.42 Å². The second-order valence-corrected chi connectivity index (χ2v) is 2.09. The van der Waals surface area contributed by atoms with E-state index >= 15 is 0 Å². The second-order valence-electron chi connectivity index (χ2n) is 2.09. The first-order chi connectivity index (χ1) is 5.00. The third-order valence-corrected chi connectivity index (χ3v) is 0.891. The van der Waals surface area contributed by atoms with Crippen molar-refractivity contribution in [3.63, 3.8) is 0 Å². The Bertz CT molecular complexity index is 91.8. The van der Waals surface area contributed by atoms with E-state index in [1.54, 1.807) is 0 Å². The molecule has 68 valence electrons. The van der Waals surface area contributed by atoms with Crippen LogP contribution in [0.4, 0.5) is 4.79 Å². The molecule has 0 aromatic rings. The molecule has 0 aliphatic heterocycles. The molecule has 6 N–H and O–H groups in total. The molecular weight excluding hydrogens is 148 g/mol. The normalized spacial score (nSPS) is 8.73. The highest BCUT2D eigenvalue weighted by Crippen LogP contribution is 1.91. The summed E-state index contributed by atoms with van der Waals surface area (Å²) >= 11 is 0. The molecule has 5 heteroatoms. The third-order valence-electron chi connectivity index (χ3n) is 0.891. The van der Waals surface area contributed by atoms with Gasteiger partial charge in [0.2, 0.25) is 0 Å². The van der Waals surface area contributed by atoms with E-state index < -0.39 is 6.16 Å². The fourth-order valence-corrected chi connectivity index (χ4v) is 0.440.